The molecule has 0 N–H and O–H groups in total. The minimum Gasteiger partial charge on any atom is -0.333 e. The molecule has 1 heterocycles. The van der Waals surface area contributed by atoms with Crippen LogP contribution in [0.25, 0.3) is 0 Å². The van der Waals surface area contributed by atoms with E-state index in [4.69, 9.17) is 0 Å². The molecule has 0 saturated carbocycles. The fraction of sp³-hybridized carbons (Fsp3) is 0.478. The molecule has 5 heteroatoms. The summed E-state index contributed by atoms with van der Waals surface area (Å²) in [4.78, 5) is 30.6. The van der Waals surface area contributed by atoms with Gasteiger partial charge in [0.05, 0.1) is 13.1 Å². The van der Waals surface area contributed by atoms with E-state index >= 15 is 0 Å². The molecule has 0 bridgehead atoms. The van der Waals surface area contributed by atoms with Gasteiger partial charge in [-0.15, -0.1) is 11.3 Å². The highest BCUT2D eigenvalue weighted by atomic mass is 32.1. The monoisotopic (exact) mass is 400 g/mol. The summed E-state index contributed by atoms with van der Waals surface area (Å²) >= 11 is 1.67. The van der Waals surface area contributed by atoms with Gasteiger partial charge in [-0.25, -0.2) is 0 Å². The number of carbonyl (C=O) groups excluding carboxylic acids is 2. The molecule has 2 aromatic rings. The zero-order valence-corrected chi connectivity index (χ0v) is 18.5. The minimum absolute atomic E-state index is 0.00805. The van der Waals surface area contributed by atoms with Crippen LogP contribution in [0.15, 0.2) is 41.8 Å². The first-order valence-electron chi connectivity index (χ1n) is 9.91. The van der Waals surface area contributed by atoms with Gasteiger partial charge in [0.15, 0.2) is 0 Å². The first-order valence-corrected chi connectivity index (χ1v) is 10.8. The second kappa shape index (κ2) is 10.4. The molecule has 1 aromatic carbocycles. The number of nitrogens with zero attached hydrogens (tertiary/aromatic N) is 2. The van der Waals surface area contributed by atoms with Crippen molar-refractivity contribution < 1.29 is 9.59 Å². The van der Waals surface area contributed by atoms with Crippen molar-refractivity contribution in [2.75, 3.05) is 13.1 Å². The maximum atomic E-state index is 13.2. The second-order valence-electron chi connectivity index (χ2n) is 8.03. The summed E-state index contributed by atoms with van der Waals surface area (Å²) in [7, 11) is 0. The summed E-state index contributed by atoms with van der Waals surface area (Å²) in [5, 5.41) is 2.06. The largest absolute Gasteiger partial charge is 0.333 e. The lowest BCUT2D eigenvalue weighted by Gasteiger charge is -2.30. The van der Waals surface area contributed by atoms with Gasteiger partial charge in [0, 0.05) is 23.9 Å². The van der Waals surface area contributed by atoms with Crippen molar-refractivity contribution in [1.82, 2.24) is 9.80 Å². The Balaban J connectivity index is 2.20. The Hall–Kier alpha value is -2.14. The van der Waals surface area contributed by atoms with Crippen LogP contribution >= 0.6 is 11.3 Å². The Morgan fingerprint density at radius 3 is 2.18 bits per heavy atom. The molecule has 0 spiro atoms. The molecule has 4 nitrogen and oxygen atoms in total. The fourth-order valence-corrected chi connectivity index (χ4v) is 4.00. The maximum absolute atomic E-state index is 13.2. The molecule has 0 aliphatic heterocycles. The van der Waals surface area contributed by atoms with E-state index in [1.807, 2.05) is 49.1 Å². The van der Waals surface area contributed by atoms with E-state index in [-0.39, 0.29) is 24.3 Å². The third-order valence-electron chi connectivity index (χ3n) is 4.59. The Morgan fingerprint density at radius 1 is 0.964 bits per heavy atom. The number of thiophene rings is 1. The Bertz CT molecular complexity index is 768. The molecule has 1 aromatic heterocycles. The molecule has 0 fully saturated rings. The molecule has 152 valence electrons. The molecule has 0 unspecified atom stereocenters. The van der Waals surface area contributed by atoms with E-state index in [1.54, 1.807) is 16.2 Å². The normalized spacial score (nSPS) is 11.1. The SMILES string of the molecule is Cc1ccsc1CN(Cc1ccccc1)C(=O)CN(CC(C)C)C(=O)C(C)C. The molecule has 0 aliphatic rings. The van der Waals surface area contributed by atoms with Crippen LogP contribution in [0.4, 0.5) is 0 Å². The van der Waals surface area contributed by atoms with Crippen LogP contribution in [0.2, 0.25) is 0 Å². The molecule has 0 atom stereocenters. The van der Waals surface area contributed by atoms with Crippen molar-refractivity contribution in [3.8, 4) is 0 Å². The zero-order chi connectivity index (χ0) is 20.7. The van der Waals surface area contributed by atoms with Gasteiger partial charge in [0.2, 0.25) is 11.8 Å². The number of carbonyl (C=O) groups is 2. The summed E-state index contributed by atoms with van der Waals surface area (Å²) in [6.07, 6.45) is 0. The van der Waals surface area contributed by atoms with Gasteiger partial charge < -0.3 is 9.80 Å². The standard InChI is InChI=1S/C23H32N2O2S/c1-17(2)13-25(23(27)18(3)4)16-22(26)24(14-20-9-7-6-8-10-20)15-21-19(5)11-12-28-21/h6-12,17-18H,13-16H2,1-5H3. The highest BCUT2D eigenvalue weighted by molar-refractivity contribution is 7.10. The van der Waals surface area contributed by atoms with Crippen molar-refractivity contribution in [3.63, 3.8) is 0 Å². The third kappa shape index (κ3) is 6.48. The predicted molar refractivity (Wildman–Crippen MR) is 116 cm³/mol. The van der Waals surface area contributed by atoms with Gasteiger partial charge in [-0.3, -0.25) is 9.59 Å². The lowest BCUT2D eigenvalue weighted by Crippen LogP contribution is -2.45. The molecule has 28 heavy (non-hydrogen) atoms. The first-order chi connectivity index (χ1) is 13.3. The van der Waals surface area contributed by atoms with Crippen LogP contribution in [0.1, 0.15) is 43.7 Å². The summed E-state index contributed by atoms with van der Waals surface area (Å²) in [5.74, 6) is 0.228. The van der Waals surface area contributed by atoms with Crippen LogP contribution in [-0.2, 0) is 22.7 Å². The number of hydrogen-bond acceptors (Lipinski definition) is 3. The quantitative estimate of drug-likeness (QED) is 0.611. The maximum Gasteiger partial charge on any atom is 0.242 e. The Labute approximate surface area is 173 Å². The molecular formula is C23H32N2O2S. The zero-order valence-electron chi connectivity index (χ0n) is 17.6. The fourth-order valence-electron chi connectivity index (χ4n) is 3.08. The van der Waals surface area contributed by atoms with Crippen LogP contribution in [0, 0.1) is 18.8 Å². The van der Waals surface area contributed by atoms with Gasteiger partial charge in [-0.05, 0) is 35.4 Å². The van der Waals surface area contributed by atoms with E-state index in [2.05, 4.69) is 32.2 Å². The van der Waals surface area contributed by atoms with E-state index in [9.17, 15) is 9.59 Å². The Kier molecular flexibility index (Phi) is 8.24. The van der Waals surface area contributed by atoms with Crippen molar-refractivity contribution in [2.24, 2.45) is 11.8 Å². The molecule has 0 radical (unpaired) electrons. The van der Waals surface area contributed by atoms with Gasteiger partial charge in [0.25, 0.3) is 0 Å². The topological polar surface area (TPSA) is 40.6 Å². The second-order valence-corrected chi connectivity index (χ2v) is 9.03. The van der Waals surface area contributed by atoms with Crippen molar-refractivity contribution in [3.05, 3.63) is 57.8 Å². The molecule has 0 saturated heterocycles. The highest BCUT2D eigenvalue weighted by Gasteiger charge is 2.24. The number of hydrogen-bond donors (Lipinski definition) is 0. The van der Waals surface area contributed by atoms with Gasteiger partial charge in [-0.1, -0.05) is 58.0 Å². The smallest absolute Gasteiger partial charge is 0.242 e. The van der Waals surface area contributed by atoms with Crippen LogP contribution in [-0.4, -0.2) is 34.7 Å². The third-order valence-corrected chi connectivity index (χ3v) is 5.60. The number of amides is 2. The summed E-state index contributed by atoms with van der Waals surface area (Å²) in [6, 6.07) is 12.1. The molecule has 2 rings (SSSR count). The van der Waals surface area contributed by atoms with E-state index in [0.29, 0.717) is 25.6 Å². The lowest BCUT2D eigenvalue weighted by molar-refractivity contribution is -0.143. The number of rotatable bonds is 9. The average molecular weight is 401 g/mol. The minimum atomic E-state index is -0.117. The predicted octanol–water partition coefficient (Wildman–Crippen LogP) is 4.73. The molecule has 0 aliphatic carbocycles. The van der Waals surface area contributed by atoms with E-state index in [0.717, 1.165) is 5.56 Å². The van der Waals surface area contributed by atoms with Crippen LogP contribution in [0.5, 0.6) is 0 Å². The van der Waals surface area contributed by atoms with Crippen LogP contribution in [0.3, 0.4) is 0 Å². The number of benzene rings is 1. The van der Waals surface area contributed by atoms with Gasteiger partial charge >= 0.3 is 0 Å². The van der Waals surface area contributed by atoms with Crippen molar-refractivity contribution >= 4 is 23.2 Å². The number of aryl methyl sites for hydroxylation is 1. The van der Waals surface area contributed by atoms with Crippen molar-refractivity contribution in [2.45, 2.75) is 47.7 Å². The highest BCUT2D eigenvalue weighted by Crippen LogP contribution is 2.20. The van der Waals surface area contributed by atoms with E-state index in [1.165, 1.54) is 10.4 Å². The van der Waals surface area contributed by atoms with Crippen molar-refractivity contribution in [1.29, 1.82) is 0 Å². The van der Waals surface area contributed by atoms with Gasteiger partial charge in [0.1, 0.15) is 0 Å². The Morgan fingerprint density at radius 2 is 1.64 bits per heavy atom. The van der Waals surface area contributed by atoms with Gasteiger partial charge in [-0.2, -0.15) is 0 Å². The average Bonchev–Trinajstić information content (AvgIpc) is 3.05. The lowest BCUT2D eigenvalue weighted by atomic mass is 10.1. The summed E-state index contributed by atoms with van der Waals surface area (Å²) in [5.41, 5.74) is 2.30. The molecular weight excluding hydrogens is 368 g/mol. The van der Waals surface area contributed by atoms with E-state index < -0.39 is 0 Å². The summed E-state index contributed by atoms with van der Waals surface area (Å²) in [6.45, 7) is 11.8. The molecule has 2 amide bonds. The first kappa shape index (κ1) is 22.2. The van der Waals surface area contributed by atoms with Crippen LogP contribution < -0.4 is 0 Å². The summed E-state index contributed by atoms with van der Waals surface area (Å²) < 4.78 is 0.